The minimum atomic E-state index is 0.622. The Morgan fingerprint density at radius 3 is 2.65 bits per heavy atom. The smallest absolute Gasteiger partial charge is 0.101 e. The largest absolute Gasteiger partial charge is 0.379 e. The molecular weight excluding hydrogens is 288 g/mol. The summed E-state index contributed by atoms with van der Waals surface area (Å²) in [5.41, 5.74) is 1.48. The molecule has 2 aromatic carbocycles. The zero-order chi connectivity index (χ0) is 13.9. The lowest BCUT2D eigenvalue weighted by Gasteiger charge is -2.06. The highest BCUT2D eigenvalue weighted by molar-refractivity contribution is 7.19. The van der Waals surface area contributed by atoms with Gasteiger partial charge in [-0.1, -0.05) is 41.9 Å². The maximum Gasteiger partial charge on any atom is 0.101 e. The topological polar surface area (TPSA) is 35.8 Å². The lowest BCUT2D eigenvalue weighted by Crippen LogP contribution is -1.99. The maximum atomic E-state index is 9.07. The van der Waals surface area contributed by atoms with Crippen molar-refractivity contribution in [3.63, 3.8) is 0 Å². The Kier molecular flexibility index (Phi) is 3.60. The van der Waals surface area contributed by atoms with E-state index in [9.17, 15) is 0 Å². The first-order valence-electron chi connectivity index (χ1n) is 6.18. The van der Waals surface area contributed by atoms with Crippen molar-refractivity contribution >= 4 is 38.7 Å². The molecule has 0 aliphatic carbocycles. The summed E-state index contributed by atoms with van der Waals surface area (Å²) in [6.45, 7) is 0.622. The molecule has 3 aromatic rings. The highest BCUT2D eigenvalue weighted by Crippen LogP contribution is 2.35. The quantitative estimate of drug-likeness (QED) is 0.735. The van der Waals surface area contributed by atoms with Crippen LogP contribution in [-0.4, -0.2) is 0 Å². The molecule has 1 heterocycles. The van der Waals surface area contributed by atoms with Crippen LogP contribution < -0.4 is 5.32 Å². The predicted octanol–water partition coefficient (Wildman–Crippen LogP) is 5.04. The van der Waals surface area contributed by atoms with E-state index in [4.69, 9.17) is 16.9 Å². The molecule has 1 N–H and O–H groups in total. The molecule has 2 nitrogen and oxygen atoms in total. The molecule has 0 atom stereocenters. The Morgan fingerprint density at radius 2 is 1.85 bits per heavy atom. The number of nitrogens with one attached hydrogen (secondary N) is 1. The van der Waals surface area contributed by atoms with Gasteiger partial charge in [0.25, 0.3) is 0 Å². The van der Waals surface area contributed by atoms with Crippen molar-refractivity contribution in [1.29, 1.82) is 5.26 Å². The van der Waals surface area contributed by atoms with E-state index < -0.39 is 0 Å². The van der Waals surface area contributed by atoms with E-state index in [1.807, 2.05) is 36.4 Å². The van der Waals surface area contributed by atoms with Crippen LogP contribution >= 0.6 is 22.9 Å². The monoisotopic (exact) mass is 298 g/mol. The molecule has 0 saturated heterocycles. The van der Waals surface area contributed by atoms with Crippen LogP contribution in [0, 0.1) is 11.3 Å². The van der Waals surface area contributed by atoms with Crippen LogP contribution in [0.25, 0.3) is 10.1 Å². The predicted molar refractivity (Wildman–Crippen MR) is 85.3 cm³/mol. The number of anilines is 1. The van der Waals surface area contributed by atoms with Crippen molar-refractivity contribution in [2.24, 2.45) is 0 Å². The average molecular weight is 299 g/mol. The molecule has 3 rings (SSSR count). The van der Waals surface area contributed by atoms with Crippen LogP contribution in [0.3, 0.4) is 0 Å². The van der Waals surface area contributed by atoms with Crippen molar-refractivity contribution < 1.29 is 0 Å². The minimum absolute atomic E-state index is 0.622. The molecule has 98 valence electrons. The Balaban J connectivity index is 1.87. The molecule has 4 heteroatoms. The summed E-state index contributed by atoms with van der Waals surface area (Å²) in [5.74, 6) is 0. The molecule has 0 fully saturated rings. The van der Waals surface area contributed by atoms with Gasteiger partial charge in [0.05, 0.1) is 22.8 Å². The number of benzene rings is 2. The van der Waals surface area contributed by atoms with E-state index in [-0.39, 0.29) is 0 Å². The van der Waals surface area contributed by atoms with Crippen LogP contribution in [0.5, 0.6) is 0 Å². The normalized spacial score (nSPS) is 10.4. The van der Waals surface area contributed by atoms with E-state index in [0.717, 1.165) is 21.0 Å². The van der Waals surface area contributed by atoms with Gasteiger partial charge in [-0.05, 0) is 18.2 Å². The van der Waals surface area contributed by atoms with Crippen LogP contribution in [0.2, 0.25) is 5.02 Å². The molecule has 0 saturated carbocycles. The number of halogens is 1. The lowest BCUT2D eigenvalue weighted by atomic mass is 10.2. The van der Waals surface area contributed by atoms with Gasteiger partial charge in [-0.2, -0.15) is 5.26 Å². The van der Waals surface area contributed by atoms with Gasteiger partial charge in [0.2, 0.25) is 0 Å². The fourth-order valence-electron chi connectivity index (χ4n) is 2.09. The summed E-state index contributed by atoms with van der Waals surface area (Å²) in [7, 11) is 0. The summed E-state index contributed by atoms with van der Waals surface area (Å²) in [4.78, 5) is 1.08. The fraction of sp³-hybridized carbons (Fsp3) is 0.0625. The zero-order valence-electron chi connectivity index (χ0n) is 10.6. The van der Waals surface area contributed by atoms with E-state index in [0.29, 0.717) is 12.1 Å². The van der Waals surface area contributed by atoms with Crippen molar-refractivity contribution in [2.75, 3.05) is 5.32 Å². The first kappa shape index (κ1) is 13.0. The van der Waals surface area contributed by atoms with Gasteiger partial charge in [0.15, 0.2) is 0 Å². The molecule has 0 amide bonds. The molecule has 0 spiro atoms. The molecule has 0 radical (unpaired) electrons. The highest BCUT2D eigenvalue weighted by atomic mass is 35.5. The number of thiophene rings is 1. The summed E-state index contributed by atoms with van der Waals surface area (Å²) < 4.78 is 1.18. The van der Waals surface area contributed by atoms with Crippen molar-refractivity contribution in [3.05, 3.63) is 64.0 Å². The van der Waals surface area contributed by atoms with E-state index in [2.05, 4.69) is 17.5 Å². The third kappa shape index (κ3) is 2.36. The second-order valence-corrected chi connectivity index (χ2v) is 5.86. The summed E-state index contributed by atoms with van der Waals surface area (Å²) >= 11 is 8.08. The van der Waals surface area contributed by atoms with E-state index >= 15 is 0 Å². The van der Waals surface area contributed by atoms with Gasteiger partial charge in [-0.15, -0.1) is 11.3 Å². The van der Waals surface area contributed by atoms with Gasteiger partial charge >= 0.3 is 0 Å². The van der Waals surface area contributed by atoms with Gasteiger partial charge in [-0.25, -0.2) is 0 Å². The molecule has 1 aromatic heterocycles. The van der Waals surface area contributed by atoms with Crippen molar-refractivity contribution in [3.8, 4) is 6.07 Å². The fourth-order valence-corrected chi connectivity index (χ4v) is 3.53. The summed E-state index contributed by atoms with van der Waals surface area (Å²) in [6.07, 6.45) is 0. The molecule has 0 bridgehead atoms. The second kappa shape index (κ2) is 5.54. The van der Waals surface area contributed by atoms with Gasteiger partial charge in [0.1, 0.15) is 6.07 Å². The second-order valence-electron chi connectivity index (χ2n) is 4.35. The van der Waals surface area contributed by atoms with Gasteiger partial charge in [0, 0.05) is 15.0 Å². The number of rotatable bonds is 3. The van der Waals surface area contributed by atoms with Crippen molar-refractivity contribution in [1.82, 2.24) is 0 Å². The van der Waals surface area contributed by atoms with Crippen LogP contribution in [0.15, 0.2) is 48.5 Å². The summed E-state index contributed by atoms with van der Waals surface area (Å²) in [6, 6.07) is 17.8. The number of hydrogen-bond donors (Lipinski definition) is 1. The van der Waals surface area contributed by atoms with Crippen LogP contribution in [-0.2, 0) is 6.54 Å². The number of para-hydroxylation sites is 1. The SMILES string of the molecule is N#Cc1ccccc1NCc1sc2ccccc2c1Cl. The molecular formula is C16H11ClN2S. The average Bonchev–Trinajstić information content (AvgIpc) is 2.82. The van der Waals surface area contributed by atoms with Gasteiger partial charge < -0.3 is 5.32 Å². The van der Waals surface area contributed by atoms with E-state index in [1.165, 1.54) is 4.70 Å². The summed E-state index contributed by atoms with van der Waals surface area (Å²) in [5, 5.41) is 14.2. The van der Waals surface area contributed by atoms with Gasteiger partial charge in [-0.3, -0.25) is 0 Å². The number of fused-ring (bicyclic) bond motifs is 1. The highest BCUT2D eigenvalue weighted by Gasteiger charge is 2.10. The number of hydrogen-bond acceptors (Lipinski definition) is 3. The standard InChI is InChI=1S/C16H11ClN2S/c17-16-12-6-2-4-8-14(12)20-15(16)10-19-13-7-3-1-5-11(13)9-18/h1-8,19H,10H2. The lowest BCUT2D eigenvalue weighted by molar-refractivity contribution is 1.19. The molecule has 0 unspecified atom stereocenters. The third-order valence-electron chi connectivity index (χ3n) is 3.09. The van der Waals surface area contributed by atoms with Crippen molar-refractivity contribution in [2.45, 2.75) is 6.54 Å². The molecule has 0 aliphatic rings. The van der Waals surface area contributed by atoms with Crippen LogP contribution in [0.1, 0.15) is 10.4 Å². The molecule has 0 aliphatic heterocycles. The Bertz CT molecular complexity index is 802. The first-order chi connectivity index (χ1) is 9.79. The van der Waals surface area contributed by atoms with Crippen LogP contribution in [0.4, 0.5) is 5.69 Å². The number of nitrogens with zero attached hydrogens (tertiary/aromatic N) is 1. The Morgan fingerprint density at radius 1 is 1.10 bits per heavy atom. The Hall–Kier alpha value is -2.02. The zero-order valence-corrected chi connectivity index (χ0v) is 12.1. The minimum Gasteiger partial charge on any atom is -0.379 e. The number of nitriles is 1. The maximum absolute atomic E-state index is 9.07. The van der Waals surface area contributed by atoms with E-state index in [1.54, 1.807) is 17.4 Å². The third-order valence-corrected chi connectivity index (χ3v) is 4.80. The first-order valence-corrected chi connectivity index (χ1v) is 7.38. The Labute approximate surface area is 126 Å². The molecule has 20 heavy (non-hydrogen) atoms.